The number of nitrogens with two attached hydrogens (primary N) is 1. The van der Waals surface area contributed by atoms with Gasteiger partial charge in [0.15, 0.2) is 5.65 Å². The highest BCUT2D eigenvalue weighted by Crippen LogP contribution is 2.08. The number of rotatable bonds is 2. The molecule has 0 fully saturated rings. The number of aromatic amines is 1. The zero-order chi connectivity index (χ0) is 10.8. The van der Waals surface area contributed by atoms with Gasteiger partial charge in [-0.25, -0.2) is 15.4 Å². The number of carbonyl (C=O) groups is 1. The molecule has 8 heteroatoms. The minimum atomic E-state index is -0.492. The van der Waals surface area contributed by atoms with Gasteiger partial charge in [-0.05, 0) is 0 Å². The number of amides is 1. The van der Waals surface area contributed by atoms with Gasteiger partial charge in [0.1, 0.15) is 5.52 Å². The molecule has 15 heavy (non-hydrogen) atoms. The van der Waals surface area contributed by atoms with Crippen molar-refractivity contribution in [2.75, 3.05) is 12.8 Å². The van der Waals surface area contributed by atoms with E-state index in [2.05, 4.69) is 30.3 Å². The quantitative estimate of drug-likeness (QED) is 0.557. The molecule has 0 aromatic carbocycles. The number of H-pyrrole nitrogens is 1. The first-order valence-corrected chi connectivity index (χ1v) is 4.02. The smallest absolute Gasteiger partial charge is 0.310 e. The molecule has 0 saturated carbocycles. The Labute approximate surface area is 83.8 Å². The standard InChI is InChI=1S/C7H8N6O2/c1-15-13-6(14)5-10-3-2-9-7(8)12-4(3)11-5/h2H,1H3,(H,13,14)(H3,8,9,10,11,12). The molecule has 1 amide bonds. The highest BCUT2D eigenvalue weighted by Gasteiger charge is 2.11. The third kappa shape index (κ3) is 1.70. The number of hydroxylamine groups is 1. The molecule has 0 unspecified atom stereocenters. The van der Waals surface area contributed by atoms with E-state index >= 15 is 0 Å². The summed E-state index contributed by atoms with van der Waals surface area (Å²) in [4.78, 5) is 30.0. The number of aromatic nitrogens is 4. The van der Waals surface area contributed by atoms with Crippen molar-refractivity contribution in [3.63, 3.8) is 0 Å². The molecular formula is C7H8N6O2. The van der Waals surface area contributed by atoms with Gasteiger partial charge in [0.2, 0.25) is 11.8 Å². The average Bonchev–Trinajstić information content (AvgIpc) is 2.60. The molecule has 2 aromatic rings. The fourth-order valence-corrected chi connectivity index (χ4v) is 1.07. The van der Waals surface area contributed by atoms with E-state index in [1.54, 1.807) is 0 Å². The lowest BCUT2D eigenvalue weighted by atomic mass is 10.6. The summed E-state index contributed by atoms with van der Waals surface area (Å²) >= 11 is 0. The van der Waals surface area contributed by atoms with Gasteiger partial charge < -0.3 is 10.7 Å². The Hall–Kier alpha value is -2.22. The molecule has 4 N–H and O–H groups in total. The van der Waals surface area contributed by atoms with Crippen LogP contribution in [0.2, 0.25) is 0 Å². The van der Waals surface area contributed by atoms with Crippen molar-refractivity contribution in [3.8, 4) is 0 Å². The summed E-state index contributed by atoms with van der Waals surface area (Å²) in [5, 5.41) is 0. The summed E-state index contributed by atoms with van der Waals surface area (Å²) in [7, 11) is 1.33. The van der Waals surface area contributed by atoms with Crippen molar-refractivity contribution in [1.82, 2.24) is 25.4 Å². The topological polar surface area (TPSA) is 119 Å². The fourth-order valence-electron chi connectivity index (χ4n) is 1.07. The molecule has 0 aliphatic carbocycles. The van der Waals surface area contributed by atoms with E-state index in [0.717, 1.165) is 0 Å². The second kappa shape index (κ2) is 3.50. The van der Waals surface area contributed by atoms with Gasteiger partial charge in [0, 0.05) is 0 Å². The van der Waals surface area contributed by atoms with E-state index in [4.69, 9.17) is 5.73 Å². The number of nitrogens with zero attached hydrogens (tertiary/aromatic N) is 3. The maximum absolute atomic E-state index is 11.3. The molecule has 0 spiro atoms. The minimum absolute atomic E-state index is 0.0896. The van der Waals surface area contributed by atoms with Crippen LogP contribution in [0, 0.1) is 0 Å². The summed E-state index contributed by atoms with van der Waals surface area (Å²) in [6.45, 7) is 0. The average molecular weight is 208 g/mol. The molecule has 0 aliphatic rings. The van der Waals surface area contributed by atoms with Crippen molar-refractivity contribution in [2.24, 2.45) is 0 Å². The molecule has 2 aromatic heterocycles. The number of nitrogens with one attached hydrogen (secondary N) is 2. The number of imidazole rings is 1. The Bertz CT molecular complexity index is 507. The number of carbonyl (C=O) groups excluding carboxylic acids is 1. The Kier molecular flexibility index (Phi) is 2.18. The zero-order valence-corrected chi connectivity index (χ0v) is 7.81. The van der Waals surface area contributed by atoms with E-state index in [9.17, 15) is 4.79 Å². The maximum Gasteiger partial charge on any atom is 0.310 e. The lowest BCUT2D eigenvalue weighted by Gasteiger charge is -1.95. The number of hydrogen-bond donors (Lipinski definition) is 3. The second-order valence-electron chi connectivity index (χ2n) is 2.69. The monoisotopic (exact) mass is 208 g/mol. The highest BCUT2D eigenvalue weighted by molar-refractivity contribution is 5.92. The van der Waals surface area contributed by atoms with Gasteiger partial charge in [-0.3, -0.25) is 9.63 Å². The minimum Gasteiger partial charge on any atom is -0.368 e. The van der Waals surface area contributed by atoms with Crippen LogP contribution in [0.15, 0.2) is 6.20 Å². The second-order valence-corrected chi connectivity index (χ2v) is 2.69. The highest BCUT2D eigenvalue weighted by atomic mass is 16.6. The normalized spacial score (nSPS) is 10.5. The molecule has 8 nitrogen and oxygen atoms in total. The number of fused-ring (bicyclic) bond motifs is 1. The summed E-state index contributed by atoms with van der Waals surface area (Å²) in [6, 6.07) is 0. The number of hydrogen-bond acceptors (Lipinski definition) is 6. The first-order valence-electron chi connectivity index (χ1n) is 4.02. The number of nitrogen functional groups attached to an aromatic ring is 1. The Balaban J connectivity index is 2.42. The van der Waals surface area contributed by atoms with Crippen LogP contribution in [0.25, 0.3) is 11.2 Å². The van der Waals surface area contributed by atoms with Gasteiger partial charge in [-0.1, -0.05) is 0 Å². The molecule has 0 saturated heterocycles. The molecule has 2 rings (SSSR count). The van der Waals surface area contributed by atoms with Crippen LogP contribution in [-0.2, 0) is 4.84 Å². The molecule has 0 bridgehead atoms. The summed E-state index contributed by atoms with van der Waals surface area (Å²) in [6.07, 6.45) is 1.45. The van der Waals surface area contributed by atoms with Crippen molar-refractivity contribution in [3.05, 3.63) is 12.0 Å². The van der Waals surface area contributed by atoms with Crippen molar-refractivity contribution < 1.29 is 9.63 Å². The summed E-state index contributed by atoms with van der Waals surface area (Å²) < 4.78 is 0. The van der Waals surface area contributed by atoms with Crippen LogP contribution in [0.3, 0.4) is 0 Å². The van der Waals surface area contributed by atoms with Crippen LogP contribution in [-0.4, -0.2) is 33.0 Å². The molecule has 0 radical (unpaired) electrons. The first-order chi connectivity index (χ1) is 7.20. The predicted molar refractivity (Wildman–Crippen MR) is 50.6 cm³/mol. The largest absolute Gasteiger partial charge is 0.368 e. The molecule has 2 heterocycles. The van der Waals surface area contributed by atoms with Gasteiger partial charge in [-0.2, -0.15) is 4.98 Å². The van der Waals surface area contributed by atoms with Gasteiger partial charge >= 0.3 is 5.91 Å². The molecular weight excluding hydrogens is 200 g/mol. The van der Waals surface area contributed by atoms with E-state index in [-0.39, 0.29) is 11.8 Å². The Morgan fingerprint density at radius 2 is 2.40 bits per heavy atom. The maximum atomic E-state index is 11.3. The summed E-state index contributed by atoms with van der Waals surface area (Å²) in [5.74, 6) is -0.298. The van der Waals surface area contributed by atoms with Crippen LogP contribution in [0.5, 0.6) is 0 Å². The van der Waals surface area contributed by atoms with Crippen LogP contribution in [0.1, 0.15) is 10.6 Å². The molecule has 0 aliphatic heterocycles. The molecule has 78 valence electrons. The van der Waals surface area contributed by atoms with Crippen molar-refractivity contribution in [2.45, 2.75) is 0 Å². The lowest BCUT2D eigenvalue weighted by molar-refractivity contribution is 0.0528. The summed E-state index contributed by atoms with van der Waals surface area (Å²) in [5.41, 5.74) is 8.36. The van der Waals surface area contributed by atoms with Gasteiger partial charge in [0.05, 0.1) is 13.3 Å². The lowest BCUT2D eigenvalue weighted by Crippen LogP contribution is -2.22. The molecule has 0 atom stereocenters. The van der Waals surface area contributed by atoms with E-state index in [0.29, 0.717) is 11.2 Å². The number of anilines is 1. The Morgan fingerprint density at radius 3 is 3.13 bits per heavy atom. The van der Waals surface area contributed by atoms with Crippen molar-refractivity contribution in [1.29, 1.82) is 0 Å². The van der Waals surface area contributed by atoms with Crippen molar-refractivity contribution >= 4 is 23.0 Å². The first kappa shape index (κ1) is 9.34. The SMILES string of the molecule is CONC(=O)c1nc2nc(N)ncc2[nH]1. The van der Waals surface area contributed by atoms with Crippen LogP contribution < -0.4 is 11.2 Å². The van der Waals surface area contributed by atoms with E-state index in [1.165, 1.54) is 13.3 Å². The van der Waals surface area contributed by atoms with Crippen LogP contribution in [0.4, 0.5) is 5.95 Å². The fraction of sp³-hybridized carbons (Fsp3) is 0.143. The van der Waals surface area contributed by atoms with Crippen LogP contribution >= 0.6 is 0 Å². The predicted octanol–water partition coefficient (Wildman–Crippen LogP) is -0.774. The van der Waals surface area contributed by atoms with Gasteiger partial charge in [0.25, 0.3) is 0 Å². The van der Waals surface area contributed by atoms with Gasteiger partial charge in [-0.15, -0.1) is 0 Å². The third-order valence-corrected chi connectivity index (χ3v) is 1.67. The zero-order valence-electron chi connectivity index (χ0n) is 7.81. The van der Waals surface area contributed by atoms with E-state index < -0.39 is 5.91 Å². The van der Waals surface area contributed by atoms with E-state index in [1.807, 2.05) is 0 Å². The Morgan fingerprint density at radius 1 is 1.60 bits per heavy atom. The third-order valence-electron chi connectivity index (χ3n) is 1.67.